The number of rotatable bonds is 6. The van der Waals surface area contributed by atoms with Crippen molar-refractivity contribution in [3.63, 3.8) is 0 Å². The molecule has 1 aromatic heterocycles. The van der Waals surface area contributed by atoms with Crippen LogP contribution in [-0.4, -0.2) is 28.2 Å². The highest BCUT2D eigenvalue weighted by Crippen LogP contribution is 2.14. The molecule has 0 saturated heterocycles. The van der Waals surface area contributed by atoms with Gasteiger partial charge >= 0.3 is 0 Å². The molecule has 4 nitrogen and oxygen atoms in total. The topological polar surface area (TPSA) is 54.3 Å². The van der Waals surface area contributed by atoms with Crippen molar-refractivity contribution in [1.82, 2.24) is 9.88 Å². The van der Waals surface area contributed by atoms with Crippen LogP contribution < -0.4 is 5.32 Å². The van der Waals surface area contributed by atoms with Gasteiger partial charge in [0, 0.05) is 24.7 Å². The first-order valence-corrected chi connectivity index (χ1v) is 7.75. The Morgan fingerprint density at radius 1 is 1.04 bits per heavy atom. The number of aliphatic hydroxyl groups is 1. The molecule has 4 heteroatoms. The number of carbonyl (C=O) groups excluding carboxylic acids is 1. The van der Waals surface area contributed by atoms with Gasteiger partial charge in [0.25, 0.3) is 0 Å². The summed E-state index contributed by atoms with van der Waals surface area (Å²) < 4.78 is 1.91. The quantitative estimate of drug-likeness (QED) is 0.734. The summed E-state index contributed by atoms with van der Waals surface area (Å²) in [5.41, 5.74) is 2.10. The zero-order valence-electron chi connectivity index (χ0n) is 12.9. The molecule has 118 valence electrons. The summed E-state index contributed by atoms with van der Waals surface area (Å²) in [6.45, 7) is 0.512. The summed E-state index contributed by atoms with van der Waals surface area (Å²) in [5.74, 6) is -0.0986. The molecule has 0 spiro atoms. The highest BCUT2D eigenvalue weighted by molar-refractivity contribution is 5.83. The predicted molar refractivity (Wildman–Crippen MR) is 91.1 cm³/mol. The fraction of sp³-hybridized carbons (Fsp3) is 0.211. The van der Waals surface area contributed by atoms with Crippen molar-refractivity contribution in [1.29, 1.82) is 0 Å². The third-order valence-electron chi connectivity index (χ3n) is 3.84. The van der Waals surface area contributed by atoms with E-state index >= 15 is 0 Å². The van der Waals surface area contributed by atoms with E-state index in [2.05, 4.69) is 5.32 Å². The molecular weight excluding hydrogens is 288 g/mol. The molecule has 1 unspecified atom stereocenters. The van der Waals surface area contributed by atoms with Crippen LogP contribution >= 0.6 is 0 Å². The second-order valence-corrected chi connectivity index (χ2v) is 5.65. The molecule has 0 bridgehead atoms. The van der Waals surface area contributed by atoms with Crippen molar-refractivity contribution in [2.75, 3.05) is 6.54 Å². The molecule has 2 aromatic carbocycles. The number of fused-ring (bicyclic) bond motifs is 1. The fourth-order valence-corrected chi connectivity index (χ4v) is 2.68. The maximum Gasteiger partial charge on any atom is 0.240 e. The third-order valence-corrected chi connectivity index (χ3v) is 3.84. The normalized spacial score (nSPS) is 12.2. The average molecular weight is 308 g/mol. The van der Waals surface area contributed by atoms with Crippen LogP contribution in [0.1, 0.15) is 5.56 Å². The minimum atomic E-state index is -0.581. The highest BCUT2D eigenvalue weighted by Gasteiger charge is 2.09. The Bertz CT molecular complexity index is 780. The molecule has 1 amide bonds. The Morgan fingerprint density at radius 2 is 1.78 bits per heavy atom. The van der Waals surface area contributed by atoms with Crippen LogP contribution in [0.5, 0.6) is 0 Å². The lowest BCUT2D eigenvalue weighted by Gasteiger charge is -2.12. The molecule has 1 atom stereocenters. The second kappa shape index (κ2) is 7.11. The van der Waals surface area contributed by atoms with Gasteiger partial charge in [-0.25, -0.2) is 0 Å². The van der Waals surface area contributed by atoms with E-state index in [9.17, 15) is 9.90 Å². The SMILES string of the molecule is O=C(Cn1ccc2ccccc21)NCC(O)Cc1ccccc1. The highest BCUT2D eigenvalue weighted by atomic mass is 16.3. The van der Waals surface area contributed by atoms with Crippen LogP contribution in [0.15, 0.2) is 66.9 Å². The molecule has 0 fully saturated rings. The molecule has 0 aliphatic rings. The van der Waals surface area contributed by atoms with Gasteiger partial charge in [-0.15, -0.1) is 0 Å². The molecule has 0 aliphatic heterocycles. The number of carbonyl (C=O) groups is 1. The molecule has 1 heterocycles. The van der Waals surface area contributed by atoms with E-state index in [0.29, 0.717) is 6.42 Å². The number of aliphatic hydroxyl groups excluding tert-OH is 1. The summed E-state index contributed by atoms with van der Waals surface area (Å²) >= 11 is 0. The van der Waals surface area contributed by atoms with Gasteiger partial charge in [-0.3, -0.25) is 4.79 Å². The Morgan fingerprint density at radius 3 is 2.61 bits per heavy atom. The van der Waals surface area contributed by atoms with Gasteiger partial charge in [0.1, 0.15) is 6.54 Å². The molecule has 0 aliphatic carbocycles. The van der Waals surface area contributed by atoms with E-state index in [-0.39, 0.29) is 19.0 Å². The number of hydrogen-bond acceptors (Lipinski definition) is 2. The summed E-state index contributed by atoms with van der Waals surface area (Å²) in [6.07, 6.45) is 1.86. The molecule has 23 heavy (non-hydrogen) atoms. The van der Waals surface area contributed by atoms with Gasteiger partial charge in [-0.05, 0) is 23.1 Å². The van der Waals surface area contributed by atoms with E-state index in [4.69, 9.17) is 0 Å². The monoisotopic (exact) mass is 308 g/mol. The molecule has 3 aromatic rings. The first-order chi connectivity index (χ1) is 11.2. The Balaban J connectivity index is 1.51. The number of benzene rings is 2. The van der Waals surface area contributed by atoms with Gasteiger partial charge in [0.05, 0.1) is 6.10 Å². The standard InChI is InChI=1S/C19H20N2O2/c22-17(12-15-6-2-1-3-7-15)13-20-19(23)14-21-11-10-16-8-4-5-9-18(16)21/h1-11,17,22H,12-14H2,(H,20,23). The number of nitrogens with zero attached hydrogens (tertiary/aromatic N) is 1. The molecule has 3 rings (SSSR count). The summed E-state index contributed by atoms with van der Waals surface area (Å²) in [4.78, 5) is 12.1. The number of aromatic nitrogens is 1. The predicted octanol–water partition coefficient (Wildman–Crippen LogP) is 2.36. The Labute approximate surface area is 135 Å². The van der Waals surface area contributed by atoms with Crippen LogP contribution in [0.25, 0.3) is 10.9 Å². The lowest BCUT2D eigenvalue weighted by molar-refractivity contribution is -0.122. The minimum Gasteiger partial charge on any atom is -0.391 e. The average Bonchev–Trinajstić information content (AvgIpc) is 2.97. The number of hydrogen-bond donors (Lipinski definition) is 2. The smallest absolute Gasteiger partial charge is 0.240 e. The first-order valence-electron chi connectivity index (χ1n) is 7.75. The van der Waals surface area contributed by atoms with Crippen molar-refractivity contribution in [2.24, 2.45) is 0 Å². The van der Waals surface area contributed by atoms with E-state index in [1.165, 1.54) is 0 Å². The van der Waals surface area contributed by atoms with E-state index in [1.807, 2.05) is 71.4 Å². The van der Waals surface area contributed by atoms with Crippen LogP contribution in [-0.2, 0) is 17.8 Å². The van der Waals surface area contributed by atoms with Crippen LogP contribution in [0.4, 0.5) is 0 Å². The zero-order chi connectivity index (χ0) is 16.1. The summed E-state index contributed by atoms with van der Waals surface area (Å²) in [7, 11) is 0. The summed E-state index contributed by atoms with van der Waals surface area (Å²) in [5, 5.41) is 13.9. The Hall–Kier alpha value is -2.59. The molecule has 0 radical (unpaired) electrons. The lowest BCUT2D eigenvalue weighted by Crippen LogP contribution is -2.35. The van der Waals surface area contributed by atoms with Gasteiger partial charge in [0.15, 0.2) is 0 Å². The largest absolute Gasteiger partial charge is 0.391 e. The lowest BCUT2D eigenvalue weighted by atomic mass is 10.1. The zero-order valence-corrected chi connectivity index (χ0v) is 12.9. The van der Waals surface area contributed by atoms with E-state index < -0.39 is 6.10 Å². The van der Waals surface area contributed by atoms with Crippen molar-refractivity contribution in [3.8, 4) is 0 Å². The van der Waals surface area contributed by atoms with Crippen molar-refractivity contribution in [3.05, 3.63) is 72.4 Å². The van der Waals surface area contributed by atoms with Crippen molar-refractivity contribution in [2.45, 2.75) is 19.1 Å². The van der Waals surface area contributed by atoms with E-state index in [1.54, 1.807) is 0 Å². The summed E-state index contributed by atoms with van der Waals surface area (Å²) in [6, 6.07) is 19.7. The first kappa shape index (κ1) is 15.3. The minimum absolute atomic E-state index is 0.0986. The third kappa shape index (κ3) is 3.99. The fourth-order valence-electron chi connectivity index (χ4n) is 2.68. The van der Waals surface area contributed by atoms with Crippen molar-refractivity contribution < 1.29 is 9.90 Å². The van der Waals surface area contributed by atoms with Crippen LogP contribution in [0.3, 0.4) is 0 Å². The second-order valence-electron chi connectivity index (χ2n) is 5.65. The molecule has 0 saturated carbocycles. The molecular formula is C19H20N2O2. The molecule has 2 N–H and O–H groups in total. The van der Waals surface area contributed by atoms with Gasteiger partial charge in [-0.1, -0.05) is 48.5 Å². The number of nitrogens with one attached hydrogen (secondary N) is 1. The van der Waals surface area contributed by atoms with Crippen molar-refractivity contribution >= 4 is 16.8 Å². The van der Waals surface area contributed by atoms with Crippen LogP contribution in [0.2, 0.25) is 0 Å². The van der Waals surface area contributed by atoms with E-state index in [0.717, 1.165) is 16.5 Å². The number of para-hydroxylation sites is 1. The maximum absolute atomic E-state index is 12.1. The van der Waals surface area contributed by atoms with Crippen LogP contribution in [0, 0.1) is 0 Å². The van der Waals surface area contributed by atoms with Gasteiger partial charge < -0.3 is 15.0 Å². The number of amides is 1. The maximum atomic E-state index is 12.1. The van der Waals surface area contributed by atoms with Gasteiger partial charge in [0.2, 0.25) is 5.91 Å². The van der Waals surface area contributed by atoms with Gasteiger partial charge in [-0.2, -0.15) is 0 Å². The Kier molecular flexibility index (Phi) is 4.74.